The van der Waals surface area contributed by atoms with E-state index in [9.17, 15) is 13.5 Å². The predicted molar refractivity (Wildman–Crippen MR) is 123 cm³/mol. The summed E-state index contributed by atoms with van der Waals surface area (Å²) in [5.74, 6) is 0.243. The minimum absolute atomic E-state index is 0.00353. The van der Waals surface area contributed by atoms with Gasteiger partial charge in [-0.15, -0.1) is 0 Å². The molecule has 1 aromatic carbocycles. The lowest BCUT2D eigenvalue weighted by atomic mass is 10.0. The van der Waals surface area contributed by atoms with Crippen LogP contribution in [-0.4, -0.2) is 40.6 Å². The van der Waals surface area contributed by atoms with Gasteiger partial charge in [0.25, 0.3) is 0 Å². The van der Waals surface area contributed by atoms with Crippen LogP contribution in [0.2, 0.25) is 18.1 Å². The van der Waals surface area contributed by atoms with Crippen molar-refractivity contribution in [1.82, 2.24) is 4.72 Å². The van der Waals surface area contributed by atoms with Crippen molar-refractivity contribution in [1.29, 1.82) is 0 Å². The van der Waals surface area contributed by atoms with E-state index in [-0.39, 0.29) is 22.5 Å². The normalized spacial score (nSPS) is 15.6. The molecule has 0 radical (unpaired) electrons. The zero-order valence-electron chi connectivity index (χ0n) is 19.9. The number of benzene rings is 1. The lowest BCUT2D eigenvalue weighted by Gasteiger charge is -2.38. The van der Waals surface area contributed by atoms with Crippen molar-refractivity contribution in [2.24, 2.45) is 5.92 Å². The molecule has 0 aliphatic carbocycles. The van der Waals surface area contributed by atoms with Crippen molar-refractivity contribution in [2.75, 3.05) is 6.61 Å². The van der Waals surface area contributed by atoms with Crippen molar-refractivity contribution >= 4 is 18.3 Å². The van der Waals surface area contributed by atoms with E-state index >= 15 is 0 Å². The lowest BCUT2D eigenvalue weighted by molar-refractivity contribution is 0.0861. The number of nitrogens with one attached hydrogen (secondary N) is 1. The summed E-state index contributed by atoms with van der Waals surface area (Å²) in [6.45, 7) is 20.4. The van der Waals surface area contributed by atoms with Crippen LogP contribution in [-0.2, 0) is 14.4 Å². The fourth-order valence-corrected chi connectivity index (χ4v) is 5.97. The highest BCUT2D eigenvalue weighted by Crippen LogP contribution is 2.36. The van der Waals surface area contributed by atoms with Gasteiger partial charge >= 0.3 is 0 Å². The number of rotatable bonds is 9. The second-order valence-corrected chi connectivity index (χ2v) is 16.7. The SMILES string of the molecule is Cc1cc(C)c(S(=O)(=O)N[C@H](CO[Si](C)(C)C(C)(C)C)[C@H](O)CC(C)C)c(C)c1. The van der Waals surface area contributed by atoms with Crippen molar-refractivity contribution in [3.05, 3.63) is 28.8 Å². The van der Waals surface area contributed by atoms with Crippen molar-refractivity contribution in [3.8, 4) is 0 Å². The maximum Gasteiger partial charge on any atom is 0.241 e. The minimum atomic E-state index is -3.80. The Bertz CT molecular complexity index is 775. The van der Waals surface area contributed by atoms with Crippen LogP contribution >= 0.6 is 0 Å². The van der Waals surface area contributed by atoms with Crippen molar-refractivity contribution in [3.63, 3.8) is 0 Å². The highest BCUT2D eigenvalue weighted by Gasteiger charge is 2.39. The van der Waals surface area contributed by atoms with E-state index in [0.717, 1.165) is 5.56 Å². The first-order valence-corrected chi connectivity index (χ1v) is 14.8. The summed E-state index contributed by atoms with van der Waals surface area (Å²) in [4.78, 5) is 0.289. The van der Waals surface area contributed by atoms with E-state index in [1.54, 1.807) is 13.8 Å². The van der Waals surface area contributed by atoms with E-state index in [4.69, 9.17) is 4.43 Å². The van der Waals surface area contributed by atoms with Crippen LogP contribution in [0.5, 0.6) is 0 Å². The third-order valence-electron chi connectivity index (χ3n) is 5.79. The van der Waals surface area contributed by atoms with E-state index in [1.807, 2.05) is 32.9 Å². The van der Waals surface area contributed by atoms with Gasteiger partial charge in [0, 0.05) is 0 Å². The van der Waals surface area contributed by atoms with Gasteiger partial charge in [0.2, 0.25) is 10.0 Å². The Morgan fingerprint density at radius 3 is 2.00 bits per heavy atom. The molecule has 0 aromatic heterocycles. The molecule has 29 heavy (non-hydrogen) atoms. The monoisotopic (exact) mass is 443 g/mol. The summed E-state index contributed by atoms with van der Waals surface area (Å²) < 4.78 is 35.5. The van der Waals surface area contributed by atoms with E-state index in [2.05, 4.69) is 38.6 Å². The maximum absolute atomic E-state index is 13.2. The Balaban J connectivity index is 3.20. The first-order valence-electron chi connectivity index (χ1n) is 10.4. The highest BCUT2D eigenvalue weighted by atomic mass is 32.2. The first kappa shape index (κ1) is 26.3. The second kappa shape index (κ2) is 9.60. The predicted octanol–water partition coefficient (Wildman–Crippen LogP) is 4.69. The number of sulfonamides is 1. The largest absolute Gasteiger partial charge is 0.415 e. The van der Waals surface area contributed by atoms with Crippen LogP contribution in [0.25, 0.3) is 0 Å². The number of aliphatic hydroxyl groups excluding tert-OH is 1. The van der Waals surface area contributed by atoms with Gasteiger partial charge in [-0.1, -0.05) is 52.3 Å². The van der Waals surface area contributed by atoms with Crippen LogP contribution in [0.4, 0.5) is 0 Å². The Morgan fingerprint density at radius 2 is 1.59 bits per heavy atom. The zero-order valence-corrected chi connectivity index (χ0v) is 21.7. The van der Waals surface area contributed by atoms with Gasteiger partial charge in [0.15, 0.2) is 8.32 Å². The number of hydrogen-bond donors (Lipinski definition) is 2. The molecule has 0 aliphatic heterocycles. The van der Waals surface area contributed by atoms with Crippen molar-refractivity contribution in [2.45, 2.75) is 97.0 Å². The molecule has 2 N–H and O–H groups in total. The maximum atomic E-state index is 13.2. The van der Waals surface area contributed by atoms with Crippen LogP contribution in [0.1, 0.15) is 57.7 Å². The molecule has 2 atom stereocenters. The molecule has 0 saturated carbocycles. The third kappa shape index (κ3) is 7.17. The molecule has 0 aliphatic rings. The van der Waals surface area contributed by atoms with Crippen LogP contribution < -0.4 is 4.72 Å². The molecule has 0 bridgehead atoms. The Kier molecular flexibility index (Phi) is 8.71. The summed E-state index contributed by atoms with van der Waals surface area (Å²) in [6.07, 6.45) is -0.319. The zero-order chi connectivity index (χ0) is 22.8. The molecule has 1 rings (SSSR count). The molecule has 0 spiro atoms. The summed E-state index contributed by atoms with van der Waals surface area (Å²) in [5, 5.41) is 10.8. The van der Waals surface area contributed by atoms with E-state index in [1.165, 1.54) is 0 Å². The Hall–Kier alpha value is -0.733. The Morgan fingerprint density at radius 1 is 1.10 bits per heavy atom. The lowest BCUT2D eigenvalue weighted by Crippen LogP contribution is -2.51. The molecule has 1 aromatic rings. The third-order valence-corrected chi connectivity index (χ3v) is 12.1. The fraction of sp³-hybridized carbons (Fsp3) is 0.727. The summed E-state index contributed by atoms with van der Waals surface area (Å²) in [5.41, 5.74) is 2.44. The molecule has 0 amide bonds. The first-order chi connectivity index (χ1) is 13.0. The molecule has 0 fully saturated rings. The molecule has 0 unspecified atom stereocenters. The van der Waals surface area contributed by atoms with Gasteiger partial charge in [0.05, 0.1) is 23.6 Å². The van der Waals surface area contributed by atoms with Gasteiger partial charge in [-0.3, -0.25) is 0 Å². The molecular weight excluding hydrogens is 402 g/mol. The van der Waals surface area contributed by atoms with Gasteiger partial charge in [-0.2, -0.15) is 0 Å². The highest BCUT2D eigenvalue weighted by molar-refractivity contribution is 7.89. The smallest absolute Gasteiger partial charge is 0.241 e. The number of hydrogen-bond acceptors (Lipinski definition) is 4. The average molecular weight is 444 g/mol. The number of aryl methyl sites for hydroxylation is 3. The van der Waals surface area contributed by atoms with Crippen molar-refractivity contribution < 1.29 is 18.0 Å². The van der Waals surface area contributed by atoms with E-state index in [0.29, 0.717) is 17.5 Å². The topological polar surface area (TPSA) is 75.6 Å². The molecule has 0 heterocycles. The minimum Gasteiger partial charge on any atom is -0.415 e. The average Bonchev–Trinajstić information content (AvgIpc) is 2.47. The quantitative estimate of drug-likeness (QED) is 0.543. The molecular formula is C22H41NO4SSi. The van der Waals surface area contributed by atoms with Crippen LogP contribution in [0.15, 0.2) is 17.0 Å². The molecule has 5 nitrogen and oxygen atoms in total. The Labute approximate surface area is 179 Å². The van der Waals surface area contributed by atoms with Gasteiger partial charge in [-0.05, 0) is 62.4 Å². The van der Waals surface area contributed by atoms with E-state index < -0.39 is 30.5 Å². The second-order valence-electron chi connectivity index (χ2n) is 10.2. The van der Waals surface area contributed by atoms with Gasteiger partial charge in [0.1, 0.15) is 0 Å². The standard InChI is InChI=1S/C22H41NO4SSi/c1-15(2)11-20(24)19(14-27-29(9,10)22(6,7)8)23-28(25,26)21-17(4)12-16(3)13-18(21)5/h12-13,15,19-20,23-24H,11,14H2,1-10H3/t19-,20-/m1/s1. The van der Waals surface area contributed by atoms with Crippen LogP contribution in [0, 0.1) is 26.7 Å². The summed E-state index contributed by atoms with van der Waals surface area (Å²) >= 11 is 0. The molecule has 0 saturated heterocycles. The summed E-state index contributed by atoms with van der Waals surface area (Å²) in [7, 11) is -5.88. The molecule has 168 valence electrons. The van der Waals surface area contributed by atoms with Gasteiger partial charge in [-0.25, -0.2) is 13.1 Å². The fourth-order valence-electron chi connectivity index (χ4n) is 3.23. The van der Waals surface area contributed by atoms with Crippen LogP contribution in [0.3, 0.4) is 0 Å². The molecule has 7 heteroatoms. The van der Waals surface area contributed by atoms with Gasteiger partial charge < -0.3 is 9.53 Å². The number of aliphatic hydroxyl groups is 1. The summed E-state index contributed by atoms with van der Waals surface area (Å²) in [6, 6.07) is 3.04.